The first kappa shape index (κ1) is 18.6. The Balaban J connectivity index is 2.09. The standard InChI is InChI=1S/C19H18F3NO2S/c1-26(24,25)15-6-7-18(23-10-15)17-9-19(11-20,12-21)8-16(17)13-2-4-14(22)5-3-13/h2-7,10H,8-9,11-12H2,1H3. The van der Waals surface area contributed by atoms with Gasteiger partial charge in [0.15, 0.2) is 9.84 Å². The number of sulfone groups is 1. The molecule has 3 rings (SSSR count). The van der Waals surface area contributed by atoms with Gasteiger partial charge in [0, 0.05) is 17.9 Å². The molecule has 7 heteroatoms. The van der Waals surface area contributed by atoms with Crippen LogP contribution in [0.1, 0.15) is 24.1 Å². The van der Waals surface area contributed by atoms with Gasteiger partial charge in [0.05, 0.1) is 23.9 Å². The fourth-order valence-corrected chi connectivity index (χ4v) is 3.76. The first-order valence-corrected chi connectivity index (χ1v) is 9.93. The van der Waals surface area contributed by atoms with E-state index in [0.717, 1.165) is 6.26 Å². The van der Waals surface area contributed by atoms with E-state index in [-0.39, 0.29) is 17.7 Å². The summed E-state index contributed by atoms with van der Waals surface area (Å²) in [6.45, 7) is -1.64. The van der Waals surface area contributed by atoms with Gasteiger partial charge >= 0.3 is 0 Å². The molecule has 0 N–H and O–H groups in total. The highest BCUT2D eigenvalue weighted by atomic mass is 32.2. The molecule has 0 bridgehead atoms. The van der Waals surface area contributed by atoms with Crippen LogP contribution in [-0.4, -0.2) is 33.0 Å². The van der Waals surface area contributed by atoms with Crippen LogP contribution in [0.4, 0.5) is 13.2 Å². The van der Waals surface area contributed by atoms with Crippen LogP contribution < -0.4 is 0 Å². The van der Waals surface area contributed by atoms with Crippen LogP contribution in [0.25, 0.3) is 11.1 Å². The molecule has 3 nitrogen and oxygen atoms in total. The summed E-state index contributed by atoms with van der Waals surface area (Å²) in [6.07, 6.45) is 2.65. The zero-order chi connectivity index (χ0) is 18.9. The molecule has 138 valence electrons. The maximum Gasteiger partial charge on any atom is 0.177 e. The van der Waals surface area contributed by atoms with E-state index < -0.39 is 34.4 Å². The first-order valence-electron chi connectivity index (χ1n) is 8.04. The van der Waals surface area contributed by atoms with Gasteiger partial charge in [-0.2, -0.15) is 0 Å². The lowest BCUT2D eigenvalue weighted by molar-refractivity contribution is 0.170. The van der Waals surface area contributed by atoms with Crippen molar-refractivity contribution in [3.63, 3.8) is 0 Å². The topological polar surface area (TPSA) is 47.0 Å². The summed E-state index contributed by atoms with van der Waals surface area (Å²) in [6, 6.07) is 8.71. The van der Waals surface area contributed by atoms with Crippen molar-refractivity contribution in [1.82, 2.24) is 4.98 Å². The largest absolute Gasteiger partial charge is 0.255 e. The van der Waals surface area contributed by atoms with Crippen LogP contribution >= 0.6 is 0 Å². The third-order valence-corrected chi connectivity index (χ3v) is 5.80. The molecule has 1 heterocycles. The molecule has 0 saturated heterocycles. The fourth-order valence-electron chi connectivity index (χ4n) is 3.20. The average Bonchev–Trinajstić information content (AvgIpc) is 3.02. The number of halogens is 3. The number of pyridine rings is 1. The van der Waals surface area contributed by atoms with E-state index in [9.17, 15) is 21.6 Å². The van der Waals surface area contributed by atoms with E-state index in [1.807, 2.05) is 0 Å². The van der Waals surface area contributed by atoms with Gasteiger partial charge in [-0.05, 0) is 53.8 Å². The highest BCUT2D eigenvalue weighted by Crippen LogP contribution is 2.50. The highest BCUT2D eigenvalue weighted by molar-refractivity contribution is 7.90. The van der Waals surface area contributed by atoms with Crippen molar-refractivity contribution in [2.24, 2.45) is 5.41 Å². The van der Waals surface area contributed by atoms with Gasteiger partial charge in [0.2, 0.25) is 0 Å². The van der Waals surface area contributed by atoms with E-state index >= 15 is 0 Å². The fraction of sp³-hybridized carbons (Fsp3) is 0.316. The Morgan fingerprint density at radius 3 is 2.12 bits per heavy atom. The van der Waals surface area contributed by atoms with Crippen LogP contribution in [-0.2, 0) is 9.84 Å². The van der Waals surface area contributed by atoms with Gasteiger partial charge in [-0.15, -0.1) is 0 Å². The minimum Gasteiger partial charge on any atom is -0.255 e. The normalized spacial score (nSPS) is 16.9. The minimum atomic E-state index is -3.39. The molecule has 0 unspecified atom stereocenters. The number of rotatable bonds is 5. The Kier molecular flexibility index (Phi) is 4.92. The summed E-state index contributed by atoms with van der Waals surface area (Å²) < 4.78 is 63.6. The summed E-state index contributed by atoms with van der Waals surface area (Å²) in [4.78, 5) is 4.27. The third kappa shape index (κ3) is 3.53. The first-order chi connectivity index (χ1) is 12.3. The molecule has 0 fully saturated rings. The molecule has 2 aromatic rings. The molecule has 0 aliphatic heterocycles. The molecule has 0 spiro atoms. The third-order valence-electron chi connectivity index (χ3n) is 4.70. The van der Waals surface area contributed by atoms with E-state index in [1.165, 1.54) is 24.4 Å². The zero-order valence-electron chi connectivity index (χ0n) is 14.2. The number of hydrogen-bond donors (Lipinski definition) is 0. The predicted molar refractivity (Wildman–Crippen MR) is 94.2 cm³/mol. The van der Waals surface area contributed by atoms with Crippen LogP contribution in [0.2, 0.25) is 0 Å². The van der Waals surface area contributed by atoms with E-state index in [4.69, 9.17) is 0 Å². The number of benzene rings is 1. The SMILES string of the molecule is CS(=O)(=O)c1ccc(C2=C(c3ccc(F)cc3)CC(CF)(CF)C2)nc1. The number of hydrogen-bond acceptors (Lipinski definition) is 3. The molecule has 0 radical (unpaired) electrons. The van der Waals surface area contributed by atoms with Crippen molar-refractivity contribution in [2.75, 3.05) is 19.6 Å². The molecule has 1 aliphatic rings. The van der Waals surface area contributed by atoms with Crippen LogP contribution in [0.5, 0.6) is 0 Å². The molecule has 0 saturated carbocycles. The van der Waals surface area contributed by atoms with Gasteiger partial charge in [0.25, 0.3) is 0 Å². The van der Waals surface area contributed by atoms with E-state index in [2.05, 4.69) is 4.98 Å². The van der Waals surface area contributed by atoms with Crippen molar-refractivity contribution in [2.45, 2.75) is 17.7 Å². The lowest BCUT2D eigenvalue weighted by Crippen LogP contribution is -2.22. The molecule has 0 atom stereocenters. The smallest absolute Gasteiger partial charge is 0.177 e. The Morgan fingerprint density at radius 1 is 1.00 bits per heavy atom. The van der Waals surface area contributed by atoms with Crippen LogP contribution in [0, 0.1) is 11.2 Å². The second-order valence-corrected chi connectivity index (χ2v) is 8.75. The maximum absolute atomic E-state index is 13.6. The van der Waals surface area contributed by atoms with Crippen molar-refractivity contribution < 1.29 is 21.6 Å². The van der Waals surface area contributed by atoms with E-state index in [1.54, 1.807) is 18.2 Å². The second-order valence-electron chi connectivity index (χ2n) is 6.74. The van der Waals surface area contributed by atoms with Crippen molar-refractivity contribution in [3.8, 4) is 0 Å². The van der Waals surface area contributed by atoms with Gasteiger partial charge in [-0.3, -0.25) is 13.8 Å². The van der Waals surface area contributed by atoms with Gasteiger partial charge < -0.3 is 0 Å². The van der Waals surface area contributed by atoms with Crippen LogP contribution in [0.3, 0.4) is 0 Å². The highest BCUT2D eigenvalue weighted by Gasteiger charge is 2.40. The maximum atomic E-state index is 13.6. The number of alkyl halides is 2. The van der Waals surface area contributed by atoms with Crippen LogP contribution in [0.15, 0.2) is 47.5 Å². The van der Waals surface area contributed by atoms with Crippen molar-refractivity contribution in [3.05, 3.63) is 59.7 Å². The van der Waals surface area contributed by atoms with Gasteiger partial charge in [-0.25, -0.2) is 12.8 Å². The molecule has 26 heavy (non-hydrogen) atoms. The monoisotopic (exact) mass is 381 g/mol. The Morgan fingerprint density at radius 2 is 1.62 bits per heavy atom. The van der Waals surface area contributed by atoms with Crippen molar-refractivity contribution >= 4 is 21.0 Å². The molecule has 0 amide bonds. The molecule has 1 aromatic heterocycles. The Bertz CT molecular complexity index is 932. The predicted octanol–water partition coefficient (Wildman–Crippen LogP) is 4.25. The number of nitrogens with zero attached hydrogens (tertiary/aromatic N) is 1. The molecule has 1 aliphatic carbocycles. The summed E-state index contributed by atoms with van der Waals surface area (Å²) in [5.74, 6) is -0.397. The molecular formula is C19H18F3NO2S. The van der Waals surface area contributed by atoms with Gasteiger partial charge in [0.1, 0.15) is 5.82 Å². The lowest BCUT2D eigenvalue weighted by Gasteiger charge is -2.22. The summed E-state index contributed by atoms with van der Waals surface area (Å²) in [5, 5.41) is 0. The zero-order valence-corrected chi connectivity index (χ0v) is 15.0. The number of aromatic nitrogens is 1. The Labute approximate surface area is 150 Å². The van der Waals surface area contributed by atoms with E-state index in [0.29, 0.717) is 22.4 Å². The Hall–Kier alpha value is -2.15. The molecule has 1 aromatic carbocycles. The second kappa shape index (κ2) is 6.87. The molecular weight excluding hydrogens is 363 g/mol. The average molecular weight is 381 g/mol. The number of allylic oxidation sites excluding steroid dienone is 2. The summed E-state index contributed by atoms with van der Waals surface area (Å²) in [7, 11) is -3.39. The minimum absolute atomic E-state index is 0.0745. The quantitative estimate of drug-likeness (QED) is 0.778. The van der Waals surface area contributed by atoms with Crippen molar-refractivity contribution in [1.29, 1.82) is 0 Å². The summed E-state index contributed by atoms with van der Waals surface area (Å²) in [5.41, 5.74) is 1.36. The lowest BCUT2D eigenvalue weighted by atomic mass is 9.86. The summed E-state index contributed by atoms with van der Waals surface area (Å²) >= 11 is 0. The van der Waals surface area contributed by atoms with Gasteiger partial charge in [-0.1, -0.05) is 12.1 Å².